The SMILES string of the molecule is COC(=O)C#CCNc1ccccc1. The molecule has 3 nitrogen and oxygen atoms in total. The predicted molar refractivity (Wildman–Crippen MR) is 54.7 cm³/mol. The maximum atomic E-state index is 10.6. The van der Waals surface area contributed by atoms with Crippen molar-refractivity contribution in [1.29, 1.82) is 0 Å². The molecule has 0 aliphatic rings. The quantitative estimate of drug-likeness (QED) is 0.432. The van der Waals surface area contributed by atoms with Crippen LogP contribution in [0.15, 0.2) is 30.3 Å². The Bertz CT molecular complexity index is 349. The molecule has 0 amide bonds. The molecular formula is C11H11NO2. The van der Waals surface area contributed by atoms with Gasteiger partial charge in [0.05, 0.1) is 13.7 Å². The standard InChI is InChI=1S/C11H11NO2/c1-14-11(13)8-5-9-12-10-6-3-2-4-7-10/h2-4,6-7,12H,9H2,1H3. The second-order valence-electron chi connectivity index (χ2n) is 2.51. The summed E-state index contributed by atoms with van der Waals surface area (Å²) in [6, 6.07) is 9.65. The number of carbonyl (C=O) groups is 1. The van der Waals surface area contributed by atoms with Crippen LogP contribution in [0, 0.1) is 11.8 Å². The van der Waals surface area contributed by atoms with Crippen LogP contribution in [-0.2, 0) is 9.53 Å². The van der Waals surface area contributed by atoms with E-state index < -0.39 is 5.97 Å². The van der Waals surface area contributed by atoms with Gasteiger partial charge in [0.2, 0.25) is 0 Å². The van der Waals surface area contributed by atoms with E-state index in [0.717, 1.165) is 5.69 Å². The van der Waals surface area contributed by atoms with Crippen LogP contribution in [0.2, 0.25) is 0 Å². The summed E-state index contributed by atoms with van der Waals surface area (Å²) >= 11 is 0. The number of carbonyl (C=O) groups excluding carboxylic acids is 1. The molecule has 0 radical (unpaired) electrons. The average Bonchev–Trinajstić information content (AvgIpc) is 2.25. The lowest BCUT2D eigenvalue weighted by atomic mass is 10.3. The van der Waals surface area contributed by atoms with Gasteiger partial charge in [-0.1, -0.05) is 24.1 Å². The fourth-order valence-corrected chi connectivity index (χ4v) is 0.870. The third-order valence-electron chi connectivity index (χ3n) is 1.53. The van der Waals surface area contributed by atoms with Crippen LogP contribution in [0.5, 0.6) is 0 Å². The number of para-hydroxylation sites is 1. The molecule has 1 rings (SSSR count). The monoisotopic (exact) mass is 189 g/mol. The van der Waals surface area contributed by atoms with Crippen molar-refractivity contribution in [3.05, 3.63) is 30.3 Å². The largest absolute Gasteiger partial charge is 0.459 e. The fourth-order valence-electron chi connectivity index (χ4n) is 0.870. The van der Waals surface area contributed by atoms with E-state index >= 15 is 0 Å². The molecule has 1 aromatic rings. The summed E-state index contributed by atoms with van der Waals surface area (Å²) in [5.41, 5.74) is 0.978. The van der Waals surface area contributed by atoms with E-state index in [2.05, 4.69) is 21.9 Å². The van der Waals surface area contributed by atoms with Gasteiger partial charge in [-0.25, -0.2) is 4.79 Å². The minimum atomic E-state index is -0.514. The van der Waals surface area contributed by atoms with E-state index in [9.17, 15) is 4.79 Å². The molecule has 0 unspecified atom stereocenters. The lowest BCUT2D eigenvalue weighted by Crippen LogP contribution is -2.00. The van der Waals surface area contributed by atoms with Crippen LogP contribution in [0.1, 0.15) is 0 Å². The van der Waals surface area contributed by atoms with Crippen molar-refractivity contribution in [2.75, 3.05) is 19.0 Å². The average molecular weight is 189 g/mol. The van der Waals surface area contributed by atoms with E-state index in [4.69, 9.17) is 0 Å². The first-order valence-electron chi connectivity index (χ1n) is 4.18. The molecule has 0 fully saturated rings. The second-order valence-corrected chi connectivity index (χ2v) is 2.51. The molecule has 0 bridgehead atoms. The van der Waals surface area contributed by atoms with E-state index in [0.29, 0.717) is 6.54 Å². The highest BCUT2D eigenvalue weighted by atomic mass is 16.5. The van der Waals surface area contributed by atoms with Crippen molar-refractivity contribution in [3.63, 3.8) is 0 Å². The molecule has 14 heavy (non-hydrogen) atoms. The third-order valence-corrected chi connectivity index (χ3v) is 1.53. The van der Waals surface area contributed by atoms with Crippen molar-refractivity contribution in [2.24, 2.45) is 0 Å². The lowest BCUT2D eigenvalue weighted by Gasteiger charge is -1.99. The van der Waals surface area contributed by atoms with Gasteiger partial charge in [0.25, 0.3) is 0 Å². The van der Waals surface area contributed by atoms with Gasteiger partial charge in [-0.3, -0.25) is 0 Å². The van der Waals surface area contributed by atoms with E-state index in [1.54, 1.807) is 0 Å². The minimum absolute atomic E-state index is 0.430. The van der Waals surface area contributed by atoms with Crippen LogP contribution in [0.25, 0.3) is 0 Å². The Morgan fingerprint density at radius 3 is 2.79 bits per heavy atom. The van der Waals surface area contributed by atoms with Gasteiger partial charge >= 0.3 is 5.97 Å². The molecule has 0 heterocycles. The molecule has 0 aliphatic heterocycles. The molecular weight excluding hydrogens is 178 g/mol. The summed E-state index contributed by atoms with van der Waals surface area (Å²) in [4.78, 5) is 10.6. The van der Waals surface area contributed by atoms with Crippen molar-refractivity contribution >= 4 is 11.7 Å². The zero-order chi connectivity index (χ0) is 10.2. The Hall–Kier alpha value is -1.95. The predicted octanol–water partition coefficient (Wildman–Crippen LogP) is 1.27. The second kappa shape index (κ2) is 5.65. The fraction of sp³-hybridized carbons (Fsp3) is 0.182. The van der Waals surface area contributed by atoms with Crippen molar-refractivity contribution in [3.8, 4) is 11.8 Å². The number of nitrogens with one attached hydrogen (secondary N) is 1. The zero-order valence-electron chi connectivity index (χ0n) is 7.91. The van der Waals surface area contributed by atoms with Crippen molar-refractivity contribution in [1.82, 2.24) is 0 Å². The van der Waals surface area contributed by atoms with Crippen LogP contribution < -0.4 is 5.32 Å². The maximum Gasteiger partial charge on any atom is 0.384 e. The molecule has 1 aromatic carbocycles. The van der Waals surface area contributed by atoms with E-state index in [-0.39, 0.29) is 0 Å². The number of rotatable bonds is 2. The number of hydrogen-bond acceptors (Lipinski definition) is 3. The molecule has 0 atom stereocenters. The molecule has 72 valence electrons. The highest BCUT2D eigenvalue weighted by Gasteiger charge is 1.88. The Morgan fingerprint density at radius 2 is 2.14 bits per heavy atom. The van der Waals surface area contributed by atoms with Crippen LogP contribution in [-0.4, -0.2) is 19.6 Å². The number of anilines is 1. The number of methoxy groups -OCH3 is 1. The first-order chi connectivity index (χ1) is 6.83. The smallest absolute Gasteiger partial charge is 0.384 e. The van der Waals surface area contributed by atoms with Gasteiger partial charge in [-0.05, 0) is 12.1 Å². The highest BCUT2D eigenvalue weighted by Crippen LogP contribution is 2.03. The van der Waals surface area contributed by atoms with Gasteiger partial charge < -0.3 is 10.1 Å². The Kier molecular flexibility index (Phi) is 4.09. The summed E-state index contributed by atoms with van der Waals surface area (Å²) in [5.74, 6) is 4.46. The van der Waals surface area contributed by atoms with Gasteiger partial charge in [0, 0.05) is 11.6 Å². The number of benzene rings is 1. The van der Waals surface area contributed by atoms with E-state index in [1.807, 2.05) is 30.3 Å². The number of hydrogen-bond donors (Lipinski definition) is 1. The normalized spacial score (nSPS) is 8.36. The molecule has 0 spiro atoms. The zero-order valence-corrected chi connectivity index (χ0v) is 7.91. The summed E-state index contributed by atoms with van der Waals surface area (Å²) in [7, 11) is 1.31. The highest BCUT2D eigenvalue weighted by molar-refractivity contribution is 5.88. The van der Waals surface area contributed by atoms with Gasteiger partial charge in [0.1, 0.15) is 0 Å². The molecule has 0 saturated heterocycles. The van der Waals surface area contributed by atoms with Crippen LogP contribution in [0.4, 0.5) is 5.69 Å². The topological polar surface area (TPSA) is 38.3 Å². The summed E-state index contributed by atoms with van der Waals surface area (Å²) < 4.78 is 4.36. The minimum Gasteiger partial charge on any atom is -0.459 e. The Morgan fingerprint density at radius 1 is 1.43 bits per heavy atom. The number of esters is 1. The first kappa shape index (κ1) is 10.1. The van der Waals surface area contributed by atoms with Crippen LogP contribution >= 0.6 is 0 Å². The Labute approximate surface area is 83.1 Å². The Balaban J connectivity index is 2.34. The molecule has 0 saturated carbocycles. The third kappa shape index (κ3) is 3.63. The molecule has 0 aromatic heterocycles. The summed E-state index contributed by atoms with van der Waals surface area (Å²) in [6.07, 6.45) is 0. The summed E-state index contributed by atoms with van der Waals surface area (Å²) in [6.45, 7) is 0.430. The van der Waals surface area contributed by atoms with Crippen molar-refractivity contribution < 1.29 is 9.53 Å². The molecule has 0 aliphatic carbocycles. The van der Waals surface area contributed by atoms with Crippen molar-refractivity contribution in [2.45, 2.75) is 0 Å². The van der Waals surface area contributed by atoms with E-state index in [1.165, 1.54) is 7.11 Å². The molecule has 1 N–H and O–H groups in total. The van der Waals surface area contributed by atoms with Gasteiger partial charge in [-0.15, -0.1) is 0 Å². The maximum absolute atomic E-state index is 10.6. The first-order valence-corrected chi connectivity index (χ1v) is 4.18. The van der Waals surface area contributed by atoms with Gasteiger partial charge in [0.15, 0.2) is 0 Å². The molecule has 3 heteroatoms. The van der Waals surface area contributed by atoms with Gasteiger partial charge in [-0.2, -0.15) is 0 Å². The summed E-state index contributed by atoms with van der Waals surface area (Å²) in [5, 5.41) is 3.04. The van der Waals surface area contributed by atoms with Crippen LogP contribution in [0.3, 0.4) is 0 Å². The number of ether oxygens (including phenoxy) is 1. The lowest BCUT2D eigenvalue weighted by molar-refractivity contribution is -0.133.